The number of rotatable bonds is 5. The van der Waals surface area contributed by atoms with Gasteiger partial charge in [-0.2, -0.15) is 0 Å². The van der Waals surface area contributed by atoms with E-state index in [9.17, 15) is 18.4 Å². The number of fused-ring (bicyclic) bond motifs is 2. The van der Waals surface area contributed by atoms with Crippen molar-refractivity contribution in [2.45, 2.75) is 26.8 Å². The summed E-state index contributed by atoms with van der Waals surface area (Å²) in [5.41, 5.74) is 3.23. The number of carbonyl (C=O) groups is 1. The van der Waals surface area contributed by atoms with E-state index in [4.69, 9.17) is 9.47 Å². The molecular weight excluding hydrogens is 468 g/mol. The number of nitrogens with one attached hydrogen (secondary N) is 1. The Balaban J connectivity index is 1.61. The topological polar surface area (TPSA) is 74.5 Å². The molecule has 9 heteroatoms. The molecule has 2 heterocycles. The first-order valence-electron chi connectivity index (χ1n) is 11.3. The molecule has 3 aromatic carbocycles. The maximum atomic E-state index is 14.1. The van der Waals surface area contributed by atoms with Gasteiger partial charge in [0.1, 0.15) is 18.2 Å². The quantitative estimate of drug-likeness (QED) is 0.380. The number of aryl methyl sites for hydroxylation is 2. The Morgan fingerprint density at radius 1 is 1.08 bits per heavy atom. The van der Waals surface area contributed by atoms with Crippen LogP contribution < -0.4 is 20.3 Å². The van der Waals surface area contributed by atoms with Crippen LogP contribution in [-0.2, 0) is 17.8 Å². The third-order valence-corrected chi connectivity index (χ3v) is 6.26. The predicted molar refractivity (Wildman–Crippen MR) is 130 cm³/mol. The van der Waals surface area contributed by atoms with E-state index in [1.165, 1.54) is 16.5 Å². The van der Waals surface area contributed by atoms with Crippen LogP contribution in [0.2, 0.25) is 0 Å². The van der Waals surface area contributed by atoms with Gasteiger partial charge in [0.15, 0.2) is 11.5 Å². The number of nitrogens with zero attached hydrogens (tertiary/aromatic N) is 2. The smallest absolute Gasteiger partial charge is 0.278 e. The summed E-state index contributed by atoms with van der Waals surface area (Å²) in [6, 6.07) is 13.8. The van der Waals surface area contributed by atoms with Crippen LogP contribution in [-0.4, -0.2) is 22.4 Å². The lowest BCUT2D eigenvalue weighted by atomic mass is 10.0. The minimum atomic E-state index is -0.903. The molecule has 0 spiro atoms. The molecule has 0 aliphatic carbocycles. The molecular formula is C27H23F2N3O4. The monoisotopic (exact) mass is 491 g/mol. The average Bonchev–Trinajstić information content (AvgIpc) is 3.11. The molecule has 1 amide bonds. The number of anilines is 1. The molecule has 4 aromatic rings. The SMILES string of the molecule is COc1cccc2c1Oc1c(c(=O)n(-c3ccc(C)c(C)c3)n1CC(=O)Nc1ccc(F)cc1F)C2. The minimum Gasteiger partial charge on any atom is -0.493 e. The van der Waals surface area contributed by atoms with E-state index in [1.54, 1.807) is 12.1 Å². The van der Waals surface area contributed by atoms with Crippen molar-refractivity contribution in [1.29, 1.82) is 0 Å². The van der Waals surface area contributed by atoms with E-state index < -0.39 is 17.5 Å². The van der Waals surface area contributed by atoms with Crippen LogP contribution in [0.15, 0.2) is 59.4 Å². The van der Waals surface area contributed by atoms with Crippen molar-refractivity contribution < 1.29 is 23.0 Å². The average molecular weight is 491 g/mol. The highest BCUT2D eigenvalue weighted by Gasteiger charge is 2.31. The number of para-hydroxylation sites is 1. The van der Waals surface area contributed by atoms with Crippen molar-refractivity contribution in [1.82, 2.24) is 9.36 Å². The molecule has 184 valence electrons. The van der Waals surface area contributed by atoms with Crippen LogP contribution in [0.25, 0.3) is 5.69 Å². The fourth-order valence-electron chi connectivity index (χ4n) is 4.28. The summed E-state index contributed by atoms with van der Waals surface area (Å²) in [6.07, 6.45) is 0.284. The maximum Gasteiger partial charge on any atom is 0.278 e. The van der Waals surface area contributed by atoms with E-state index in [-0.39, 0.29) is 30.1 Å². The molecule has 7 nitrogen and oxygen atoms in total. The van der Waals surface area contributed by atoms with Gasteiger partial charge in [-0.3, -0.25) is 9.59 Å². The van der Waals surface area contributed by atoms with E-state index >= 15 is 0 Å². The van der Waals surface area contributed by atoms with Crippen LogP contribution in [0.1, 0.15) is 22.3 Å². The van der Waals surface area contributed by atoms with Crippen molar-refractivity contribution in [3.05, 3.63) is 98.8 Å². The van der Waals surface area contributed by atoms with Crippen molar-refractivity contribution >= 4 is 11.6 Å². The number of halogens is 2. The van der Waals surface area contributed by atoms with Crippen LogP contribution in [0.5, 0.6) is 17.4 Å². The molecule has 0 saturated carbocycles. The lowest BCUT2D eigenvalue weighted by Gasteiger charge is -2.21. The number of hydrogen-bond acceptors (Lipinski definition) is 4. The predicted octanol–water partition coefficient (Wildman–Crippen LogP) is 4.88. The van der Waals surface area contributed by atoms with Gasteiger partial charge < -0.3 is 14.8 Å². The summed E-state index contributed by atoms with van der Waals surface area (Å²) in [6.45, 7) is 3.53. The van der Waals surface area contributed by atoms with E-state index in [0.717, 1.165) is 28.8 Å². The second-order valence-corrected chi connectivity index (χ2v) is 8.63. The zero-order chi connectivity index (χ0) is 25.6. The van der Waals surface area contributed by atoms with Gasteiger partial charge in [0.25, 0.3) is 5.56 Å². The fraction of sp³-hybridized carbons (Fsp3) is 0.185. The summed E-state index contributed by atoms with van der Waals surface area (Å²) in [7, 11) is 1.52. The Morgan fingerprint density at radius 2 is 1.89 bits per heavy atom. The highest BCUT2D eigenvalue weighted by atomic mass is 19.1. The summed E-state index contributed by atoms with van der Waals surface area (Å²) < 4.78 is 41.8. The molecule has 0 saturated heterocycles. The second kappa shape index (κ2) is 8.99. The highest BCUT2D eigenvalue weighted by molar-refractivity contribution is 5.90. The number of ether oxygens (including phenoxy) is 2. The standard InChI is InChI=1S/C27H23F2N3O4/c1-15-7-9-19(11-16(15)2)32-26(34)20-12-17-5-4-6-23(35-3)25(17)36-27(20)31(32)14-24(33)30-22-10-8-18(28)13-21(22)29/h4-11,13H,12,14H2,1-3H3,(H,30,33). The van der Waals surface area contributed by atoms with Gasteiger partial charge in [-0.25, -0.2) is 18.1 Å². The Bertz CT molecular complexity index is 1570. The van der Waals surface area contributed by atoms with Gasteiger partial charge in [0.05, 0.1) is 24.0 Å². The molecule has 1 aliphatic rings. The molecule has 1 aromatic heterocycles. The van der Waals surface area contributed by atoms with Gasteiger partial charge >= 0.3 is 0 Å². The Kier molecular flexibility index (Phi) is 5.83. The summed E-state index contributed by atoms with van der Waals surface area (Å²) in [5, 5.41) is 2.45. The first-order valence-corrected chi connectivity index (χ1v) is 11.3. The number of carbonyl (C=O) groups excluding carboxylic acids is 1. The molecule has 1 aliphatic heterocycles. The van der Waals surface area contributed by atoms with Crippen molar-refractivity contribution in [2.24, 2.45) is 0 Å². The molecule has 36 heavy (non-hydrogen) atoms. The van der Waals surface area contributed by atoms with Crippen molar-refractivity contribution in [3.8, 4) is 23.1 Å². The van der Waals surface area contributed by atoms with Gasteiger partial charge in [-0.1, -0.05) is 18.2 Å². The first kappa shape index (κ1) is 23.3. The zero-order valence-corrected chi connectivity index (χ0v) is 19.9. The van der Waals surface area contributed by atoms with Gasteiger partial charge in [-0.05, 0) is 55.3 Å². The molecule has 0 fully saturated rings. The first-order chi connectivity index (χ1) is 17.3. The number of hydrogen-bond donors (Lipinski definition) is 1. The van der Waals surface area contributed by atoms with E-state index in [2.05, 4.69) is 5.32 Å². The van der Waals surface area contributed by atoms with Crippen molar-refractivity contribution in [3.63, 3.8) is 0 Å². The third-order valence-electron chi connectivity index (χ3n) is 6.26. The number of aromatic nitrogens is 2. The lowest BCUT2D eigenvalue weighted by molar-refractivity contribution is -0.117. The van der Waals surface area contributed by atoms with Gasteiger partial charge in [-0.15, -0.1) is 0 Å². The second-order valence-electron chi connectivity index (χ2n) is 8.63. The number of amides is 1. The Morgan fingerprint density at radius 3 is 2.61 bits per heavy atom. The minimum absolute atomic E-state index is 0.171. The van der Waals surface area contributed by atoms with Gasteiger partial charge in [0, 0.05) is 18.1 Å². The molecule has 1 N–H and O–H groups in total. The Labute approximate surface area is 205 Å². The highest BCUT2D eigenvalue weighted by Crippen LogP contribution is 2.41. The molecule has 5 rings (SSSR count). The van der Waals surface area contributed by atoms with E-state index in [0.29, 0.717) is 28.8 Å². The van der Waals surface area contributed by atoms with Crippen LogP contribution in [0.4, 0.5) is 14.5 Å². The molecule has 0 bridgehead atoms. The van der Waals surface area contributed by atoms with Crippen LogP contribution in [0.3, 0.4) is 0 Å². The number of benzene rings is 3. The zero-order valence-electron chi connectivity index (χ0n) is 19.9. The van der Waals surface area contributed by atoms with E-state index in [1.807, 2.05) is 38.1 Å². The lowest BCUT2D eigenvalue weighted by Crippen LogP contribution is -2.27. The Hall–Kier alpha value is -4.40. The molecule has 0 atom stereocenters. The molecule has 0 radical (unpaired) electrons. The fourth-order valence-corrected chi connectivity index (χ4v) is 4.28. The van der Waals surface area contributed by atoms with Crippen LogP contribution in [0, 0.1) is 25.5 Å². The van der Waals surface area contributed by atoms with Gasteiger partial charge in [0.2, 0.25) is 11.8 Å². The number of methoxy groups -OCH3 is 1. The van der Waals surface area contributed by atoms with Crippen LogP contribution >= 0.6 is 0 Å². The van der Waals surface area contributed by atoms with Crippen molar-refractivity contribution in [2.75, 3.05) is 12.4 Å². The largest absolute Gasteiger partial charge is 0.493 e. The third kappa shape index (κ3) is 4.02. The molecule has 0 unspecified atom stereocenters. The normalized spacial score (nSPS) is 11.9. The summed E-state index contributed by atoms with van der Waals surface area (Å²) >= 11 is 0. The maximum absolute atomic E-state index is 14.1. The summed E-state index contributed by atoms with van der Waals surface area (Å²) in [5.74, 6) is -1.12. The summed E-state index contributed by atoms with van der Waals surface area (Å²) in [4.78, 5) is 26.6.